The second-order valence-corrected chi connectivity index (χ2v) is 4.53. The van der Waals surface area contributed by atoms with Gasteiger partial charge in [-0.3, -0.25) is 0 Å². The summed E-state index contributed by atoms with van der Waals surface area (Å²) in [7, 11) is 1.64. The van der Waals surface area contributed by atoms with Crippen molar-refractivity contribution in [3.63, 3.8) is 0 Å². The van der Waals surface area contributed by atoms with Gasteiger partial charge in [-0.25, -0.2) is 0 Å². The lowest BCUT2D eigenvalue weighted by Crippen LogP contribution is -2.02. The molecule has 0 spiro atoms. The van der Waals surface area contributed by atoms with Gasteiger partial charge < -0.3 is 15.2 Å². The highest BCUT2D eigenvalue weighted by Crippen LogP contribution is 2.22. The first-order valence-electron chi connectivity index (χ1n) is 5.97. The zero-order valence-corrected chi connectivity index (χ0v) is 11.5. The van der Waals surface area contributed by atoms with E-state index < -0.39 is 0 Å². The maximum absolute atomic E-state index is 5.90. The van der Waals surface area contributed by atoms with Gasteiger partial charge in [0.2, 0.25) is 0 Å². The summed E-state index contributed by atoms with van der Waals surface area (Å²) < 4.78 is 10.9. The van der Waals surface area contributed by atoms with E-state index in [2.05, 4.69) is 0 Å². The lowest BCUT2D eigenvalue weighted by Gasteiger charge is -2.10. The van der Waals surface area contributed by atoms with E-state index in [1.165, 1.54) is 0 Å². The van der Waals surface area contributed by atoms with Crippen molar-refractivity contribution in [1.29, 1.82) is 0 Å². The molecule has 0 aliphatic heterocycles. The van der Waals surface area contributed by atoms with Crippen LogP contribution in [0.4, 0.5) is 0 Å². The molecule has 100 valence electrons. The number of halogens is 1. The van der Waals surface area contributed by atoms with Crippen molar-refractivity contribution in [2.45, 2.75) is 13.2 Å². The molecule has 0 radical (unpaired) electrons. The number of hydrogen-bond donors (Lipinski definition) is 1. The van der Waals surface area contributed by atoms with Crippen LogP contribution in [0.25, 0.3) is 0 Å². The molecule has 0 aromatic heterocycles. The van der Waals surface area contributed by atoms with Crippen molar-refractivity contribution in [2.24, 2.45) is 5.73 Å². The Morgan fingerprint density at radius 3 is 2.68 bits per heavy atom. The van der Waals surface area contributed by atoms with Crippen LogP contribution in [0.1, 0.15) is 11.1 Å². The number of rotatable bonds is 5. The summed E-state index contributed by atoms with van der Waals surface area (Å²) >= 11 is 5.90. The Kier molecular flexibility index (Phi) is 4.66. The summed E-state index contributed by atoms with van der Waals surface area (Å²) in [6, 6.07) is 13.2. The van der Waals surface area contributed by atoms with E-state index in [-0.39, 0.29) is 0 Å². The SMILES string of the molecule is COc1ccc(COc2cccc(Cl)c2)cc1CN. The average Bonchev–Trinajstić information content (AvgIpc) is 2.45. The Hall–Kier alpha value is -1.71. The van der Waals surface area contributed by atoms with Gasteiger partial charge in [-0.1, -0.05) is 23.7 Å². The van der Waals surface area contributed by atoms with Crippen LogP contribution in [0.3, 0.4) is 0 Å². The molecule has 0 aliphatic carbocycles. The summed E-state index contributed by atoms with van der Waals surface area (Å²) in [4.78, 5) is 0. The third-order valence-electron chi connectivity index (χ3n) is 2.77. The van der Waals surface area contributed by atoms with Gasteiger partial charge in [0.25, 0.3) is 0 Å². The van der Waals surface area contributed by atoms with Gasteiger partial charge in [0.05, 0.1) is 7.11 Å². The molecule has 2 rings (SSSR count). The fraction of sp³-hybridized carbons (Fsp3) is 0.200. The molecule has 0 fully saturated rings. The van der Waals surface area contributed by atoms with E-state index in [9.17, 15) is 0 Å². The normalized spacial score (nSPS) is 10.3. The van der Waals surface area contributed by atoms with Crippen LogP contribution in [-0.2, 0) is 13.2 Å². The number of benzene rings is 2. The van der Waals surface area contributed by atoms with E-state index in [1.807, 2.05) is 36.4 Å². The molecule has 0 bridgehead atoms. The fourth-order valence-electron chi connectivity index (χ4n) is 1.80. The quantitative estimate of drug-likeness (QED) is 0.911. The predicted octanol–water partition coefficient (Wildman–Crippen LogP) is 3.39. The van der Waals surface area contributed by atoms with Crippen molar-refractivity contribution >= 4 is 11.6 Å². The first kappa shape index (κ1) is 13.7. The lowest BCUT2D eigenvalue weighted by atomic mass is 10.1. The summed E-state index contributed by atoms with van der Waals surface area (Å²) in [5.74, 6) is 1.55. The highest BCUT2D eigenvalue weighted by atomic mass is 35.5. The number of nitrogens with two attached hydrogens (primary N) is 1. The molecule has 2 aromatic rings. The van der Waals surface area contributed by atoms with Crippen LogP contribution in [-0.4, -0.2) is 7.11 Å². The molecule has 19 heavy (non-hydrogen) atoms. The molecule has 2 N–H and O–H groups in total. The molecule has 2 aromatic carbocycles. The first-order valence-corrected chi connectivity index (χ1v) is 6.35. The van der Waals surface area contributed by atoms with Gasteiger partial charge in [-0.2, -0.15) is 0 Å². The Bertz CT molecular complexity index is 558. The number of hydrogen-bond acceptors (Lipinski definition) is 3. The van der Waals surface area contributed by atoms with Gasteiger partial charge in [0.1, 0.15) is 18.1 Å². The van der Waals surface area contributed by atoms with E-state index in [0.717, 1.165) is 22.6 Å². The molecule has 3 nitrogen and oxygen atoms in total. The topological polar surface area (TPSA) is 44.5 Å². The van der Waals surface area contributed by atoms with Crippen LogP contribution in [0.2, 0.25) is 5.02 Å². The third kappa shape index (κ3) is 3.63. The van der Waals surface area contributed by atoms with Crippen LogP contribution in [0, 0.1) is 0 Å². The van der Waals surface area contributed by atoms with Crippen LogP contribution in [0.5, 0.6) is 11.5 Å². The lowest BCUT2D eigenvalue weighted by molar-refractivity contribution is 0.306. The minimum absolute atomic E-state index is 0.439. The molecule has 0 amide bonds. The highest BCUT2D eigenvalue weighted by molar-refractivity contribution is 6.30. The largest absolute Gasteiger partial charge is 0.496 e. The van der Waals surface area contributed by atoms with Gasteiger partial charge in [-0.15, -0.1) is 0 Å². The van der Waals surface area contributed by atoms with Gasteiger partial charge in [-0.05, 0) is 35.9 Å². The van der Waals surface area contributed by atoms with Gasteiger partial charge in [0, 0.05) is 17.1 Å². The molecular weight excluding hydrogens is 262 g/mol. The van der Waals surface area contributed by atoms with E-state index in [0.29, 0.717) is 18.2 Å². The van der Waals surface area contributed by atoms with E-state index in [4.69, 9.17) is 26.8 Å². The zero-order chi connectivity index (χ0) is 13.7. The molecule has 0 unspecified atom stereocenters. The molecule has 0 heterocycles. The van der Waals surface area contributed by atoms with Crippen molar-refractivity contribution in [2.75, 3.05) is 7.11 Å². The summed E-state index contributed by atoms with van der Waals surface area (Å²) in [6.45, 7) is 0.908. The summed E-state index contributed by atoms with van der Waals surface area (Å²) in [5, 5.41) is 0.662. The van der Waals surface area contributed by atoms with Crippen LogP contribution >= 0.6 is 11.6 Å². The van der Waals surface area contributed by atoms with E-state index >= 15 is 0 Å². The average molecular weight is 278 g/mol. The first-order chi connectivity index (χ1) is 9.22. The van der Waals surface area contributed by atoms with E-state index in [1.54, 1.807) is 13.2 Å². The molecule has 0 saturated heterocycles. The Balaban J connectivity index is 2.07. The van der Waals surface area contributed by atoms with Crippen LogP contribution in [0.15, 0.2) is 42.5 Å². The fourth-order valence-corrected chi connectivity index (χ4v) is 1.98. The summed E-state index contributed by atoms with van der Waals surface area (Å²) in [5.41, 5.74) is 7.69. The summed E-state index contributed by atoms with van der Waals surface area (Å²) in [6.07, 6.45) is 0. The van der Waals surface area contributed by atoms with Crippen molar-refractivity contribution in [3.8, 4) is 11.5 Å². The number of methoxy groups -OCH3 is 1. The minimum atomic E-state index is 0.439. The molecule has 0 saturated carbocycles. The molecule has 0 atom stereocenters. The Labute approximate surface area is 117 Å². The van der Waals surface area contributed by atoms with Gasteiger partial charge in [0.15, 0.2) is 0 Å². The smallest absolute Gasteiger partial charge is 0.123 e. The molecule has 0 aliphatic rings. The minimum Gasteiger partial charge on any atom is -0.496 e. The predicted molar refractivity (Wildman–Crippen MR) is 76.7 cm³/mol. The second kappa shape index (κ2) is 6.45. The monoisotopic (exact) mass is 277 g/mol. The molecular formula is C15H16ClNO2. The highest BCUT2D eigenvalue weighted by Gasteiger charge is 2.03. The Morgan fingerprint density at radius 2 is 2.00 bits per heavy atom. The zero-order valence-electron chi connectivity index (χ0n) is 10.7. The standard InChI is InChI=1S/C15H16ClNO2/c1-18-15-6-5-11(7-12(15)9-17)10-19-14-4-2-3-13(16)8-14/h2-8H,9-10,17H2,1H3. The maximum Gasteiger partial charge on any atom is 0.123 e. The van der Waals surface area contributed by atoms with Crippen molar-refractivity contribution in [3.05, 3.63) is 58.6 Å². The van der Waals surface area contributed by atoms with Gasteiger partial charge >= 0.3 is 0 Å². The van der Waals surface area contributed by atoms with Crippen molar-refractivity contribution in [1.82, 2.24) is 0 Å². The van der Waals surface area contributed by atoms with Crippen LogP contribution < -0.4 is 15.2 Å². The third-order valence-corrected chi connectivity index (χ3v) is 3.00. The number of ether oxygens (including phenoxy) is 2. The second-order valence-electron chi connectivity index (χ2n) is 4.10. The maximum atomic E-state index is 5.90. The Morgan fingerprint density at radius 1 is 1.16 bits per heavy atom. The molecule has 4 heteroatoms. The van der Waals surface area contributed by atoms with Crippen molar-refractivity contribution < 1.29 is 9.47 Å².